The van der Waals surface area contributed by atoms with Crippen molar-refractivity contribution in [1.82, 2.24) is 5.32 Å². The summed E-state index contributed by atoms with van der Waals surface area (Å²) in [6, 6.07) is 5.76. The van der Waals surface area contributed by atoms with Gasteiger partial charge < -0.3 is 14.8 Å². The highest BCUT2D eigenvalue weighted by Gasteiger charge is 2.51. The maximum absolute atomic E-state index is 12.6. The molecule has 0 radical (unpaired) electrons. The zero-order valence-electron chi connectivity index (χ0n) is 16.7. The fourth-order valence-corrected chi connectivity index (χ4v) is 5.88. The highest BCUT2D eigenvalue weighted by atomic mass is 16.5. The van der Waals surface area contributed by atoms with Gasteiger partial charge in [-0.15, -0.1) is 0 Å². The van der Waals surface area contributed by atoms with Crippen LogP contribution < -0.4 is 14.8 Å². The second-order valence-electron chi connectivity index (χ2n) is 9.10. The minimum absolute atomic E-state index is 0.0263. The van der Waals surface area contributed by atoms with E-state index in [1.54, 1.807) is 13.2 Å². The number of carbonyl (C=O) groups excluding carboxylic acids is 1. The topological polar surface area (TPSA) is 47.6 Å². The lowest BCUT2D eigenvalue weighted by atomic mass is 9.53. The Morgan fingerprint density at radius 3 is 2.30 bits per heavy atom. The van der Waals surface area contributed by atoms with Crippen molar-refractivity contribution in [1.29, 1.82) is 0 Å². The van der Waals surface area contributed by atoms with Crippen LogP contribution in [-0.2, 0) is 4.79 Å². The molecule has 1 amide bonds. The fourth-order valence-electron chi connectivity index (χ4n) is 5.88. The van der Waals surface area contributed by atoms with E-state index in [-0.39, 0.29) is 17.6 Å². The lowest BCUT2D eigenvalue weighted by Gasteiger charge is -2.56. The molecular weight excluding hydrogens is 338 g/mol. The molecule has 0 heterocycles. The Morgan fingerprint density at radius 2 is 1.74 bits per heavy atom. The molecule has 1 N–H and O–H groups in total. The monoisotopic (exact) mass is 369 g/mol. The number of amides is 1. The molecule has 4 fully saturated rings. The van der Waals surface area contributed by atoms with E-state index in [4.69, 9.17) is 9.47 Å². The van der Waals surface area contributed by atoms with Crippen LogP contribution in [0.3, 0.4) is 0 Å². The molecule has 4 saturated carbocycles. The van der Waals surface area contributed by atoms with Crippen LogP contribution in [0.15, 0.2) is 24.3 Å². The molecule has 146 valence electrons. The summed E-state index contributed by atoms with van der Waals surface area (Å²) in [6.45, 7) is 3.98. The van der Waals surface area contributed by atoms with Crippen LogP contribution in [0.2, 0.25) is 0 Å². The molecule has 0 aromatic heterocycles. The van der Waals surface area contributed by atoms with Crippen molar-refractivity contribution in [2.45, 2.75) is 64.0 Å². The molecule has 5 rings (SSSR count). The van der Waals surface area contributed by atoms with E-state index in [2.05, 4.69) is 5.32 Å². The van der Waals surface area contributed by atoms with Crippen molar-refractivity contribution in [3.8, 4) is 11.5 Å². The van der Waals surface area contributed by atoms with Crippen molar-refractivity contribution in [2.75, 3.05) is 7.11 Å². The van der Waals surface area contributed by atoms with Gasteiger partial charge in [-0.2, -0.15) is 0 Å². The van der Waals surface area contributed by atoms with Crippen molar-refractivity contribution in [3.63, 3.8) is 0 Å². The number of nitrogens with one attached hydrogen (secondary N) is 1. The highest BCUT2D eigenvalue weighted by molar-refractivity contribution is 5.92. The van der Waals surface area contributed by atoms with Gasteiger partial charge in [-0.1, -0.05) is 6.07 Å². The third-order valence-corrected chi connectivity index (χ3v) is 6.40. The van der Waals surface area contributed by atoms with E-state index in [9.17, 15) is 4.79 Å². The summed E-state index contributed by atoms with van der Waals surface area (Å²) in [5.74, 6) is 3.93. The van der Waals surface area contributed by atoms with Crippen LogP contribution in [0, 0.1) is 17.8 Å². The first-order valence-corrected chi connectivity index (χ1v) is 10.3. The van der Waals surface area contributed by atoms with Crippen LogP contribution >= 0.6 is 0 Å². The third-order valence-electron chi connectivity index (χ3n) is 6.40. The van der Waals surface area contributed by atoms with E-state index in [1.807, 2.05) is 38.1 Å². The van der Waals surface area contributed by atoms with Gasteiger partial charge in [0.1, 0.15) is 0 Å². The van der Waals surface area contributed by atoms with Gasteiger partial charge in [0.25, 0.3) is 0 Å². The fraction of sp³-hybridized carbons (Fsp3) is 0.609. The predicted octanol–water partition coefficient (Wildman–Crippen LogP) is 4.58. The predicted molar refractivity (Wildman–Crippen MR) is 107 cm³/mol. The van der Waals surface area contributed by atoms with E-state index in [0.717, 1.165) is 29.1 Å². The Labute approximate surface area is 162 Å². The van der Waals surface area contributed by atoms with E-state index < -0.39 is 0 Å². The molecule has 4 aliphatic rings. The van der Waals surface area contributed by atoms with Crippen LogP contribution in [0.25, 0.3) is 6.08 Å². The van der Waals surface area contributed by atoms with Crippen LogP contribution in [-0.4, -0.2) is 24.7 Å². The van der Waals surface area contributed by atoms with Crippen LogP contribution in [0.1, 0.15) is 57.9 Å². The van der Waals surface area contributed by atoms with Gasteiger partial charge in [-0.25, -0.2) is 0 Å². The lowest BCUT2D eigenvalue weighted by Crippen LogP contribution is -2.59. The molecule has 0 atom stereocenters. The maximum atomic E-state index is 12.6. The quantitative estimate of drug-likeness (QED) is 0.747. The summed E-state index contributed by atoms with van der Waals surface area (Å²) < 4.78 is 11.2. The van der Waals surface area contributed by atoms with Crippen molar-refractivity contribution in [3.05, 3.63) is 29.8 Å². The number of hydrogen-bond acceptors (Lipinski definition) is 3. The summed E-state index contributed by atoms with van der Waals surface area (Å²) in [5, 5.41) is 3.38. The van der Waals surface area contributed by atoms with Crippen molar-refractivity contribution >= 4 is 12.0 Å². The van der Waals surface area contributed by atoms with Crippen molar-refractivity contribution < 1.29 is 14.3 Å². The zero-order valence-corrected chi connectivity index (χ0v) is 16.7. The molecule has 0 aliphatic heterocycles. The molecule has 4 heteroatoms. The Hall–Kier alpha value is -1.97. The molecule has 0 saturated heterocycles. The minimum Gasteiger partial charge on any atom is -0.493 e. The van der Waals surface area contributed by atoms with Gasteiger partial charge in [0, 0.05) is 11.6 Å². The zero-order chi connectivity index (χ0) is 19.0. The van der Waals surface area contributed by atoms with Gasteiger partial charge >= 0.3 is 0 Å². The Balaban J connectivity index is 1.41. The standard InChI is InChI=1S/C23H31NO3/c1-15(2)27-20-6-4-16(11-21(20)26-3)5-7-22(25)24-23-12-17-8-18(13-23)10-19(9-17)14-23/h4-7,11,15,17-19H,8-10,12-14H2,1-3H3,(H,24,25). The van der Waals surface area contributed by atoms with E-state index >= 15 is 0 Å². The number of rotatable bonds is 6. The molecule has 27 heavy (non-hydrogen) atoms. The summed E-state index contributed by atoms with van der Waals surface area (Å²) in [6.07, 6.45) is 11.3. The summed E-state index contributed by atoms with van der Waals surface area (Å²) in [5.41, 5.74) is 0.992. The first-order chi connectivity index (χ1) is 12.9. The van der Waals surface area contributed by atoms with Gasteiger partial charge in [0.15, 0.2) is 11.5 Å². The molecule has 0 unspecified atom stereocenters. The first-order valence-electron chi connectivity index (χ1n) is 10.3. The number of benzene rings is 1. The van der Waals surface area contributed by atoms with E-state index in [1.165, 1.54) is 38.5 Å². The Bertz CT molecular complexity index is 702. The first kappa shape index (κ1) is 18.4. The third kappa shape index (κ3) is 3.99. The molecule has 1 aromatic rings. The number of carbonyl (C=O) groups is 1. The van der Waals surface area contributed by atoms with Gasteiger partial charge in [0.05, 0.1) is 13.2 Å². The number of ether oxygens (including phenoxy) is 2. The average molecular weight is 370 g/mol. The average Bonchev–Trinajstić information content (AvgIpc) is 2.58. The SMILES string of the molecule is COc1cc(C=CC(=O)NC23CC4CC(CC(C4)C2)C3)ccc1OC(C)C. The normalized spacial score (nSPS) is 31.5. The van der Waals surface area contributed by atoms with E-state index in [0.29, 0.717) is 5.75 Å². The smallest absolute Gasteiger partial charge is 0.244 e. The second-order valence-corrected chi connectivity index (χ2v) is 9.10. The van der Waals surface area contributed by atoms with Gasteiger partial charge in [-0.05, 0) is 93.9 Å². The molecule has 1 aromatic carbocycles. The largest absolute Gasteiger partial charge is 0.493 e. The molecule has 0 spiro atoms. The molecule has 4 bridgehead atoms. The second kappa shape index (κ2) is 7.21. The molecular formula is C23H31NO3. The summed E-state index contributed by atoms with van der Waals surface area (Å²) in [7, 11) is 1.63. The Kier molecular flexibility index (Phi) is 4.92. The number of methoxy groups -OCH3 is 1. The molecule has 4 aliphatic carbocycles. The lowest BCUT2D eigenvalue weighted by molar-refractivity contribution is -0.122. The highest BCUT2D eigenvalue weighted by Crippen LogP contribution is 2.55. The minimum atomic E-state index is 0.0263. The Morgan fingerprint density at radius 1 is 1.11 bits per heavy atom. The summed E-state index contributed by atoms with van der Waals surface area (Å²) in [4.78, 5) is 12.6. The maximum Gasteiger partial charge on any atom is 0.244 e. The van der Waals surface area contributed by atoms with Gasteiger partial charge in [-0.3, -0.25) is 4.79 Å². The summed E-state index contributed by atoms with van der Waals surface area (Å²) >= 11 is 0. The van der Waals surface area contributed by atoms with Gasteiger partial charge in [0.2, 0.25) is 5.91 Å². The van der Waals surface area contributed by atoms with Crippen LogP contribution in [0.5, 0.6) is 11.5 Å². The van der Waals surface area contributed by atoms with Crippen molar-refractivity contribution in [2.24, 2.45) is 17.8 Å². The number of hydrogen-bond donors (Lipinski definition) is 1. The van der Waals surface area contributed by atoms with Crippen LogP contribution in [0.4, 0.5) is 0 Å². The molecule has 4 nitrogen and oxygen atoms in total.